The molecule has 166 valence electrons. The number of nitrogens with zero attached hydrogens (tertiary/aromatic N) is 2. The topological polar surface area (TPSA) is 51.2 Å². The first-order valence-electron chi connectivity index (χ1n) is 11.4. The highest BCUT2D eigenvalue weighted by molar-refractivity contribution is 6.04. The van der Waals surface area contributed by atoms with Crippen LogP contribution in [0.3, 0.4) is 0 Å². The van der Waals surface area contributed by atoms with Crippen LogP contribution in [0, 0.1) is 5.92 Å². The molecule has 3 atom stereocenters. The van der Waals surface area contributed by atoms with Crippen LogP contribution < -0.4 is 19.1 Å². The summed E-state index contributed by atoms with van der Waals surface area (Å²) in [6.07, 6.45) is 5.24. The minimum absolute atomic E-state index is 0.246. The SMILES string of the molecule is COc1cccc(N2C[C@@H]3C[C@@H](C4=Cc5cc(OC)ccc5OC4)N4CCC[C@@]34C2=O)c1. The van der Waals surface area contributed by atoms with Gasteiger partial charge in [0.25, 0.3) is 0 Å². The molecule has 4 aliphatic rings. The van der Waals surface area contributed by atoms with Crippen molar-refractivity contribution in [2.45, 2.75) is 30.8 Å². The Hall–Kier alpha value is -2.99. The van der Waals surface area contributed by atoms with E-state index >= 15 is 0 Å². The highest BCUT2D eigenvalue weighted by Gasteiger charge is 2.65. The van der Waals surface area contributed by atoms with Crippen molar-refractivity contribution in [3.05, 3.63) is 53.6 Å². The lowest BCUT2D eigenvalue weighted by Gasteiger charge is -2.35. The number of ether oxygens (including phenoxy) is 3. The number of hydrogen-bond donors (Lipinski definition) is 0. The predicted octanol–water partition coefficient (Wildman–Crippen LogP) is 3.75. The summed E-state index contributed by atoms with van der Waals surface area (Å²) in [5.41, 5.74) is 2.87. The predicted molar refractivity (Wildman–Crippen MR) is 122 cm³/mol. The molecule has 0 saturated carbocycles. The van der Waals surface area contributed by atoms with Crippen LogP contribution in [0.5, 0.6) is 17.2 Å². The Bertz CT molecular complexity index is 1110. The van der Waals surface area contributed by atoms with Gasteiger partial charge in [0, 0.05) is 35.8 Å². The maximum Gasteiger partial charge on any atom is 0.247 e. The van der Waals surface area contributed by atoms with Crippen molar-refractivity contribution in [3.63, 3.8) is 0 Å². The number of amides is 1. The molecule has 3 saturated heterocycles. The molecule has 1 amide bonds. The molecule has 0 aliphatic carbocycles. The molecule has 2 aromatic carbocycles. The molecule has 6 heteroatoms. The van der Waals surface area contributed by atoms with E-state index in [4.69, 9.17) is 14.2 Å². The lowest BCUT2D eigenvalue weighted by atomic mass is 9.85. The van der Waals surface area contributed by atoms with E-state index in [2.05, 4.69) is 11.0 Å². The molecule has 32 heavy (non-hydrogen) atoms. The molecular weight excluding hydrogens is 404 g/mol. The fourth-order valence-corrected chi connectivity index (χ4v) is 6.34. The fourth-order valence-electron chi connectivity index (χ4n) is 6.34. The standard InChI is InChI=1S/C26H28N2O4/c1-30-21-6-3-5-20(14-21)27-15-19-13-23(28-10-4-9-26(19,28)25(27)29)18-11-17-12-22(31-2)7-8-24(17)32-16-18/h3,5-8,11-12,14,19,23H,4,9-10,13,15-16H2,1-2H3/t19-,23-,26-/m0/s1. The molecule has 4 aliphatic heterocycles. The van der Waals surface area contributed by atoms with Gasteiger partial charge >= 0.3 is 0 Å². The van der Waals surface area contributed by atoms with Gasteiger partial charge in [0.05, 0.1) is 14.2 Å². The number of benzene rings is 2. The normalized spacial score (nSPS) is 28.6. The van der Waals surface area contributed by atoms with Crippen molar-refractivity contribution < 1.29 is 19.0 Å². The number of rotatable bonds is 4. The number of fused-ring (bicyclic) bond motifs is 1. The van der Waals surface area contributed by atoms with E-state index in [0.717, 1.165) is 60.9 Å². The second-order valence-electron chi connectivity index (χ2n) is 9.20. The molecule has 4 heterocycles. The number of methoxy groups -OCH3 is 2. The zero-order chi connectivity index (χ0) is 21.9. The van der Waals surface area contributed by atoms with E-state index in [0.29, 0.717) is 12.5 Å². The van der Waals surface area contributed by atoms with Crippen molar-refractivity contribution in [2.24, 2.45) is 5.92 Å². The second-order valence-corrected chi connectivity index (χ2v) is 9.20. The van der Waals surface area contributed by atoms with Crippen LogP contribution in [0.1, 0.15) is 24.8 Å². The first-order valence-corrected chi connectivity index (χ1v) is 11.4. The molecule has 0 N–H and O–H groups in total. The largest absolute Gasteiger partial charge is 0.497 e. The Balaban J connectivity index is 1.32. The fraction of sp³-hybridized carbons (Fsp3) is 0.423. The summed E-state index contributed by atoms with van der Waals surface area (Å²) in [4.78, 5) is 18.3. The van der Waals surface area contributed by atoms with Crippen molar-refractivity contribution in [3.8, 4) is 17.2 Å². The van der Waals surface area contributed by atoms with Gasteiger partial charge in [0.1, 0.15) is 29.4 Å². The summed E-state index contributed by atoms with van der Waals surface area (Å²) in [6.45, 7) is 2.30. The van der Waals surface area contributed by atoms with Crippen molar-refractivity contribution in [1.82, 2.24) is 4.90 Å². The zero-order valence-corrected chi connectivity index (χ0v) is 18.5. The molecular formula is C26H28N2O4. The van der Waals surface area contributed by atoms with Crippen LogP contribution >= 0.6 is 0 Å². The Morgan fingerprint density at radius 2 is 1.94 bits per heavy atom. The summed E-state index contributed by atoms with van der Waals surface area (Å²) >= 11 is 0. The van der Waals surface area contributed by atoms with Crippen molar-refractivity contribution in [2.75, 3.05) is 38.8 Å². The summed E-state index contributed by atoms with van der Waals surface area (Å²) in [6, 6.07) is 14.0. The van der Waals surface area contributed by atoms with E-state index in [1.165, 1.54) is 5.57 Å². The van der Waals surface area contributed by atoms with Gasteiger partial charge in [-0.15, -0.1) is 0 Å². The van der Waals surface area contributed by atoms with Crippen LogP contribution in [0.25, 0.3) is 6.08 Å². The van der Waals surface area contributed by atoms with E-state index < -0.39 is 0 Å². The molecule has 6 nitrogen and oxygen atoms in total. The molecule has 1 spiro atoms. The van der Waals surface area contributed by atoms with Crippen molar-refractivity contribution >= 4 is 17.7 Å². The summed E-state index contributed by atoms with van der Waals surface area (Å²) in [7, 11) is 3.34. The highest BCUT2D eigenvalue weighted by atomic mass is 16.5. The van der Waals surface area contributed by atoms with Crippen molar-refractivity contribution in [1.29, 1.82) is 0 Å². The average Bonchev–Trinajstić information content (AvgIpc) is 3.48. The van der Waals surface area contributed by atoms with Gasteiger partial charge in [-0.2, -0.15) is 0 Å². The smallest absolute Gasteiger partial charge is 0.247 e. The molecule has 3 fully saturated rings. The van der Waals surface area contributed by atoms with Gasteiger partial charge in [0.15, 0.2) is 0 Å². The Morgan fingerprint density at radius 3 is 2.78 bits per heavy atom. The molecule has 6 rings (SSSR count). The summed E-state index contributed by atoms with van der Waals surface area (Å²) in [5.74, 6) is 3.07. The average molecular weight is 433 g/mol. The van der Waals surface area contributed by atoms with E-state index in [1.807, 2.05) is 47.4 Å². The highest BCUT2D eigenvalue weighted by Crippen LogP contribution is 2.54. The van der Waals surface area contributed by atoms with Gasteiger partial charge in [-0.3, -0.25) is 9.69 Å². The molecule has 2 aromatic rings. The second kappa shape index (κ2) is 7.27. The van der Waals surface area contributed by atoms with Crippen LogP contribution in [0.2, 0.25) is 0 Å². The monoisotopic (exact) mass is 432 g/mol. The zero-order valence-electron chi connectivity index (χ0n) is 18.5. The maximum atomic E-state index is 13.9. The summed E-state index contributed by atoms with van der Waals surface area (Å²) in [5, 5.41) is 0. The lowest BCUT2D eigenvalue weighted by Crippen LogP contribution is -2.52. The van der Waals surface area contributed by atoms with Crippen LogP contribution in [-0.2, 0) is 4.79 Å². The van der Waals surface area contributed by atoms with Crippen LogP contribution in [-0.4, -0.2) is 56.3 Å². The number of hydrogen-bond acceptors (Lipinski definition) is 5. The first kappa shape index (κ1) is 19.7. The Labute approximate surface area is 188 Å². The van der Waals surface area contributed by atoms with E-state index in [-0.39, 0.29) is 17.5 Å². The quantitative estimate of drug-likeness (QED) is 0.737. The Kier molecular flexibility index (Phi) is 4.47. The van der Waals surface area contributed by atoms with Gasteiger partial charge in [-0.25, -0.2) is 0 Å². The molecule has 0 bridgehead atoms. The van der Waals surface area contributed by atoms with E-state index in [1.54, 1.807) is 14.2 Å². The van der Waals surface area contributed by atoms with Gasteiger partial charge < -0.3 is 19.1 Å². The third-order valence-electron chi connectivity index (χ3n) is 7.79. The van der Waals surface area contributed by atoms with Gasteiger partial charge in [-0.1, -0.05) is 6.07 Å². The number of carbonyl (C=O) groups excluding carboxylic acids is 1. The van der Waals surface area contributed by atoms with Crippen LogP contribution in [0.15, 0.2) is 48.0 Å². The number of carbonyl (C=O) groups is 1. The van der Waals surface area contributed by atoms with Crippen LogP contribution in [0.4, 0.5) is 5.69 Å². The summed E-state index contributed by atoms with van der Waals surface area (Å²) < 4.78 is 16.9. The minimum atomic E-state index is -0.386. The van der Waals surface area contributed by atoms with Gasteiger partial charge in [-0.05, 0) is 67.8 Å². The molecule has 0 aromatic heterocycles. The number of anilines is 1. The molecule has 0 unspecified atom stereocenters. The first-order chi connectivity index (χ1) is 15.6. The lowest BCUT2D eigenvalue weighted by molar-refractivity contribution is -0.126. The molecule has 0 radical (unpaired) electrons. The van der Waals surface area contributed by atoms with Gasteiger partial charge in [0.2, 0.25) is 5.91 Å². The third kappa shape index (κ3) is 2.72. The third-order valence-corrected chi connectivity index (χ3v) is 7.79. The van der Waals surface area contributed by atoms with E-state index in [9.17, 15) is 4.79 Å². The Morgan fingerprint density at radius 1 is 1.09 bits per heavy atom. The maximum absolute atomic E-state index is 13.9. The minimum Gasteiger partial charge on any atom is -0.497 e.